The fourth-order valence-corrected chi connectivity index (χ4v) is 6.01. The van der Waals surface area contributed by atoms with E-state index in [1.54, 1.807) is 57.2 Å². The summed E-state index contributed by atoms with van der Waals surface area (Å²) < 4.78 is 10.5. The topological polar surface area (TPSA) is 230 Å². The summed E-state index contributed by atoms with van der Waals surface area (Å²) in [5, 5.41) is 24.6. The van der Waals surface area contributed by atoms with Crippen molar-refractivity contribution in [1.82, 2.24) is 36.6 Å². The summed E-state index contributed by atoms with van der Waals surface area (Å²) in [6.45, 7) is 12.6. The van der Waals surface area contributed by atoms with Crippen LogP contribution in [-0.4, -0.2) is 93.7 Å². The molecule has 1 heterocycles. The molecule has 0 radical (unpaired) electrons. The Bertz CT molecular complexity index is 1790. The van der Waals surface area contributed by atoms with E-state index in [2.05, 4.69) is 36.6 Å². The second-order valence-corrected chi connectivity index (χ2v) is 16.0. The van der Waals surface area contributed by atoms with Gasteiger partial charge in [-0.1, -0.05) is 58.0 Å². The molecule has 7 N–H and O–H groups in total. The van der Waals surface area contributed by atoms with Gasteiger partial charge in [-0.15, -0.1) is 0 Å². The highest BCUT2D eigenvalue weighted by Crippen LogP contribution is 2.15. The Kier molecular flexibility index (Phi) is 17.9. The van der Waals surface area contributed by atoms with Crippen LogP contribution in [0.5, 0.6) is 5.75 Å². The second-order valence-electron chi connectivity index (χ2n) is 16.0. The van der Waals surface area contributed by atoms with Crippen LogP contribution in [0.2, 0.25) is 0 Å². The highest BCUT2D eigenvalue weighted by atomic mass is 16.6. The molecule has 0 bridgehead atoms. The largest absolute Gasteiger partial charge is 0.497 e. The zero-order valence-electron chi connectivity index (χ0n) is 34.6. The van der Waals surface area contributed by atoms with Gasteiger partial charge in [-0.2, -0.15) is 0 Å². The van der Waals surface area contributed by atoms with E-state index in [9.17, 15) is 33.9 Å². The number of imide groups is 1. The number of amides is 6. The first-order valence-electron chi connectivity index (χ1n) is 19.4. The number of aliphatic hydroxyl groups excluding tert-OH is 1. The first kappa shape index (κ1) is 46.6. The van der Waals surface area contributed by atoms with Crippen molar-refractivity contribution in [3.63, 3.8) is 0 Å². The molecule has 316 valence electrons. The van der Waals surface area contributed by atoms with Gasteiger partial charge in [0.15, 0.2) is 0 Å². The maximum absolute atomic E-state index is 14.0. The lowest BCUT2D eigenvalue weighted by Gasteiger charge is -2.29. The maximum atomic E-state index is 14.0. The molecule has 0 spiro atoms. The lowest BCUT2D eigenvalue weighted by molar-refractivity contribution is -0.132. The minimum Gasteiger partial charge on any atom is -0.497 e. The number of carbonyl (C=O) groups excluding carboxylic acids is 6. The van der Waals surface area contributed by atoms with E-state index in [-0.39, 0.29) is 43.1 Å². The molecule has 3 aromatic rings. The zero-order valence-corrected chi connectivity index (χ0v) is 34.6. The molecule has 2 aromatic carbocycles. The third-order valence-electron chi connectivity index (χ3n) is 8.76. The van der Waals surface area contributed by atoms with E-state index in [4.69, 9.17) is 9.47 Å². The van der Waals surface area contributed by atoms with Gasteiger partial charge in [0, 0.05) is 30.3 Å². The molecule has 3 rings (SSSR count). The maximum Gasteiger partial charge on any atom is 0.408 e. The first-order valence-corrected chi connectivity index (χ1v) is 19.4. The summed E-state index contributed by atoms with van der Waals surface area (Å²) in [6.07, 6.45) is 0.779. The number of alkyl carbamates (subject to hydrolysis) is 1. The average Bonchev–Trinajstić information content (AvgIpc) is 3.66. The number of carbonyl (C=O) groups is 6. The minimum absolute atomic E-state index is 0.0196. The molecule has 0 saturated heterocycles. The Balaban J connectivity index is 1.77. The number of benzene rings is 2. The second kappa shape index (κ2) is 22.2. The fraction of sp³-hybridized carbons (Fsp3) is 0.500. The fourth-order valence-electron chi connectivity index (χ4n) is 6.01. The van der Waals surface area contributed by atoms with Crippen LogP contribution >= 0.6 is 0 Å². The number of aliphatic hydroxyl groups is 1. The molecule has 0 aliphatic heterocycles. The Labute approximate surface area is 340 Å². The Morgan fingerprint density at radius 2 is 1.38 bits per heavy atom. The highest BCUT2D eigenvalue weighted by molar-refractivity contribution is 6.06. The van der Waals surface area contributed by atoms with Crippen molar-refractivity contribution in [2.24, 2.45) is 11.8 Å². The number of rotatable bonds is 20. The van der Waals surface area contributed by atoms with Crippen LogP contribution in [0, 0.1) is 11.8 Å². The SMILES string of the molecule is COc1ccc(C(=O)NC(=O)[C@H](CC(C)C)NC(=O)C[C@H](O)[C@H](CC(C)C)NC(=O)[C@H](Cc2cnc[nH]2)NC(=O)[C@H](Cc2ccccc2)NC(=O)OC(C)(C)C)cc1. The van der Waals surface area contributed by atoms with E-state index >= 15 is 0 Å². The number of hydrogen-bond acceptors (Lipinski definition) is 10. The molecular formula is C42H59N7O9. The number of hydrogen-bond donors (Lipinski definition) is 7. The third-order valence-corrected chi connectivity index (χ3v) is 8.76. The normalized spacial score (nSPS) is 14.0. The van der Waals surface area contributed by atoms with E-state index in [0.717, 1.165) is 5.56 Å². The molecular weight excluding hydrogens is 747 g/mol. The van der Waals surface area contributed by atoms with Gasteiger partial charge in [-0.05, 0) is 75.3 Å². The number of ether oxygens (including phenoxy) is 2. The minimum atomic E-state index is -1.40. The standard InChI is InChI=1S/C42H59N7O9/c1-25(2)18-31(35(50)22-36(51)45-32(19-26(3)4)40(55)49-37(52)28-14-16-30(57-8)17-15-28)46-39(54)34(21-29-23-43-24-44-29)47-38(53)33(20-27-12-10-9-11-13-27)48-41(56)58-42(5,6)7/h9-17,23-26,31-35,50H,18-22H2,1-8H3,(H,43,44)(H,45,51)(H,46,54)(H,47,53)(H,48,56)(H,49,52,55)/t31-,32-,33-,34-,35-/m0/s1. The smallest absolute Gasteiger partial charge is 0.408 e. The van der Waals surface area contributed by atoms with Crippen LogP contribution in [0.15, 0.2) is 67.1 Å². The van der Waals surface area contributed by atoms with Crippen LogP contribution in [0.4, 0.5) is 4.79 Å². The predicted octanol–water partition coefficient (Wildman–Crippen LogP) is 3.35. The number of aromatic amines is 1. The number of nitrogens with one attached hydrogen (secondary N) is 6. The van der Waals surface area contributed by atoms with Crippen LogP contribution in [0.25, 0.3) is 0 Å². The summed E-state index contributed by atoms with van der Waals surface area (Å²) in [4.78, 5) is 87.1. The summed E-state index contributed by atoms with van der Waals surface area (Å²) in [5.74, 6) is -2.90. The van der Waals surface area contributed by atoms with Gasteiger partial charge in [0.05, 0.1) is 32.0 Å². The quantitative estimate of drug-likeness (QED) is 0.0881. The lowest BCUT2D eigenvalue weighted by Crippen LogP contribution is -2.58. The molecule has 16 nitrogen and oxygen atoms in total. The average molecular weight is 806 g/mol. The first-order chi connectivity index (χ1) is 27.3. The van der Waals surface area contributed by atoms with Gasteiger partial charge in [0.2, 0.25) is 23.6 Å². The molecule has 0 unspecified atom stereocenters. The Hall–Kier alpha value is -5.77. The van der Waals surface area contributed by atoms with E-state index in [0.29, 0.717) is 11.4 Å². The molecule has 0 aliphatic carbocycles. The summed E-state index contributed by atoms with van der Waals surface area (Å²) >= 11 is 0. The van der Waals surface area contributed by atoms with Crippen LogP contribution in [0.1, 0.15) is 89.3 Å². The van der Waals surface area contributed by atoms with Gasteiger partial charge >= 0.3 is 6.09 Å². The van der Waals surface area contributed by atoms with Crippen molar-refractivity contribution in [3.8, 4) is 5.75 Å². The van der Waals surface area contributed by atoms with Gasteiger partial charge in [-0.25, -0.2) is 9.78 Å². The molecule has 5 atom stereocenters. The van der Waals surface area contributed by atoms with Crippen LogP contribution in [0.3, 0.4) is 0 Å². The molecule has 58 heavy (non-hydrogen) atoms. The van der Waals surface area contributed by atoms with E-state index < -0.39 is 77.9 Å². The zero-order chi connectivity index (χ0) is 43.0. The number of aromatic nitrogens is 2. The number of imidazole rings is 1. The molecule has 0 aliphatic rings. The number of methoxy groups -OCH3 is 1. The van der Waals surface area contributed by atoms with Crippen LogP contribution < -0.4 is 31.3 Å². The summed E-state index contributed by atoms with van der Waals surface area (Å²) in [5.41, 5.74) is 0.673. The van der Waals surface area contributed by atoms with Gasteiger partial charge in [0.25, 0.3) is 5.91 Å². The highest BCUT2D eigenvalue weighted by Gasteiger charge is 2.33. The third kappa shape index (κ3) is 16.4. The molecule has 1 aromatic heterocycles. The Morgan fingerprint density at radius 1 is 0.759 bits per heavy atom. The van der Waals surface area contributed by atoms with Crippen molar-refractivity contribution in [3.05, 3.63) is 83.9 Å². The van der Waals surface area contributed by atoms with Gasteiger partial charge in [-0.3, -0.25) is 29.3 Å². The lowest BCUT2D eigenvalue weighted by atomic mass is 9.96. The summed E-state index contributed by atoms with van der Waals surface area (Å²) in [6, 6.07) is 10.8. The monoisotopic (exact) mass is 805 g/mol. The molecule has 16 heteroatoms. The van der Waals surface area contributed by atoms with Crippen molar-refractivity contribution in [1.29, 1.82) is 0 Å². The van der Waals surface area contributed by atoms with Crippen molar-refractivity contribution >= 4 is 35.6 Å². The summed E-state index contributed by atoms with van der Waals surface area (Å²) in [7, 11) is 1.49. The van der Waals surface area contributed by atoms with Gasteiger partial charge < -0.3 is 40.8 Å². The Morgan fingerprint density at radius 3 is 1.95 bits per heavy atom. The predicted molar refractivity (Wildman–Crippen MR) is 216 cm³/mol. The number of H-pyrrole nitrogens is 1. The molecule has 0 fully saturated rings. The molecule has 6 amide bonds. The van der Waals surface area contributed by atoms with E-state index in [1.165, 1.54) is 31.8 Å². The molecule has 0 saturated carbocycles. The van der Waals surface area contributed by atoms with E-state index in [1.807, 2.05) is 33.8 Å². The van der Waals surface area contributed by atoms with Crippen molar-refractivity contribution in [2.75, 3.05) is 7.11 Å². The van der Waals surface area contributed by atoms with Crippen molar-refractivity contribution < 1.29 is 43.3 Å². The number of nitrogens with zero attached hydrogens (tertiary/aromatic N) is 1. The van der Waals surface area contributed by atoms with Crippen molar-refractivity contribution in [2.45, 2.75) is 116 Å². The van der Waals surface area contributed by atoms with Gasteiger partial charge in [0.1, 0.15) is 29.5 Å². The van der Waals surface area contributed by atoms with Crippen LogP contribution in [-0.2, 0) is 36.8 Å².